The average Bonchev–Trinajstić information content (AvgIpc) is 3.15. The number of benzene rings is 2. The number of nitrogens with two attached hydrogens (primary N) is 1. The molecule has 0 atom stereocenters. The summed E-state index contributed by atoms with van der Waals surface area (Å²) in [6.45, 7) is 2.36. The van der Waals surface area contributed by atoms with Gasteiger partial charge in [0.2, 0.25) is 0 Å². The summed E-state index contributed by atoms with van der Waals surface area (Å²) in [5.74, 6) is 1.09. The molecule has 1 amide bonds. The highest BCUT2D eigenvalue weighted by molar-refractivity contribution is 5.93. The normalized spacial score (nSPS) is 10.8. The van der Waals surface area contributed by atoms with Crippen LogP contribution in [0.1, 0.15) is 27.3 Å². The van der Waals surface area contributed by atoms with E-state index in [9.17, 15) is 4.79 Å². The number of aromatic amines is 1. The minimum absolute atomic E-state index is 0. The Morgan fingerprint density at radius 2 is 2.00 bits per heavy atom. The van der Waals surface area contributed by atoms with Gasteiger partial charge >= 0.3 is 0 Å². The van der Waals surface area contributed by atoms with Crippen molar-refractivity contribution in [2.45, 2.75) is 13.5 Å². The van der Waals surface area contributed by atoms with Gasteiger partial charge in [-0.15, -0.1) is 0 Å². The first-order chi connectivity index (χ1) is 14.0. The van der Waals surface area contributed by atoms with Crippen LogP contribution >= 0.6 is 0 Å². The number of ether oxygens (including phenoxy) is 1. The highest BCUT2D eigenvalue weighted by Crippen LogP contribution is 2.23. The number of rotatable bonds is 5. The second-order valence-corrected chi connectivity index (χ2v) is 6.63. The summed E-state index contributed by atoms with van der Waals surface area (Å²) in [4.78, 5) is 28.8. The van der Waals surface area contributed by atoms with E-state index in [1.807, 2.05) is 49.4 Å². The minimum Gasteiger partial charge on any atom is -0.497 e. The van der Waals surface area contributed by atoms with Gasteiger partial charge in [0.25, 0.3) is 5.91 Å². The topological polar surface area (TPSA) is 119 Å². The van der Waals surface area contributed by atoms with Crippen LogP contribution in [0.5, 0.6) is 5.75 Å². The number of carbonyl (C=O) groups excluding carboxylic acids is 1. The third-order valence-electron chi connectivity index (χ3n) is 4.51. The van der Waals surface area contributed by atoms with Crippen molar-refractivity contribution in [2.75, 3.05) is 12.8 Å². The van der Waals surface area contributed by atoms with E-state index in [2.05, 4.69) is 25.3 Å². The smallest absolute Gasteiger partial charge is 0.271 e. The second kappa shape index (κ2) is 7.59. The molecule has 0 aliphatic carbocycles. The standard InChI is InChI=1S/C21H20N6O2.4H2/c1-12-3-8-15-16(9-12)27-20(26-15)18-19(22)23-11-17(25-18)21(28)24-10-13-4-6-14(29-2)7-5-13;;;;/h3-9,11H,10H2,1-2H3,(H2,22,23)(H,24,28)(H,26,27);4*1H. The van der Waals surface area contributed by atoms with Gasteiger partial charge in [-0.05, 0) is 42.3 Å². The zero-order valence-electron chi connectivity index (χ0n) is 16.1. The highest BCUT2D eigenvalue weighted by atomic mass is 16.5. The fourth-order valence-corrected chi connectivity index (χ4v) is 2.93. The lowest BCUT2D eigenvalue weighted by atomic mass is 10.2. The first-order valence-corrected chi connectivity index (χ1v) is 9.04. The maximum absolute atomic E-state index is 12.5. The maximum Gasteiger partial charge on any atom is 0.271 e. The van der Waals surface area contributed by atoms with Crippen molar-refractivity contribution < 1.29 is 15.2 Å². The number of methoxy groups -OCH3 is 1. The van der Waals surface area contributed by atoms with Crippen molar-refractivity contribution in [3.05, 3.63) is 65.5 Å². The van der Waals surface area contributed by atoms with Gasteiger partial charge in [-0.1, -0.05) is 18.2 Å². The lowest BCUT2D eigenvalue weighted by Crippen LogP contribution is -2.24. The van der Waals surface area contributed by atoms with Crippen LogP contribution in [0.15, 0.2) is 48.7 Å². The molecule has 154 valence electrons. The van der Waals surface area contributed by atoms with Crippen molar-refractivity contribution in [1.82, 2.24) is 25.3 Å². The summed E-state index contributed by atoms with van der Waals surface area (Å²) < 4.78 is 5.13. The number of hydrogen-bond acceptors (Lipinski definition) is 6. The van der Waals surface area contributed by atoms with Crippen LogP contribution in [0.25, 0.3) is 22.6 Å². The van der Waals surface area contributed by atoms with Crippen LogP contribution in [-0.4, -0.2) is 33.0 Å². The van der Waals surface area contributed by atoms with Crippen LogP contribution in [0.3, 0.4) is 0 Å². The van der Waals surface area contributed by atoms with Crippen LogP contribution in [-0.2, 0) is 6.54 Å². The molecule has 4 rings (SSSR count). The van der Waals surface area contributed by atoms with Crippen molar-refractivity contribution in [1.29, 1.82) is 0 Å². The number of hydrogen-bond donors (Lipinski definition) is 3. The van der Waals surface area contributed by atoms with E-state index in [0.717, 1.165) is 27.9 Å². The van der Waals surface area contributed by atoms with Crippen molar-refractivity contribution in [2.24, 2.45) is 0 Å². The van der Waals surface area contributed by atoms with Crippen molar-refractivity contribution in [3.8, 4) is 17.3 Å². The van der Waals surface area contributed by atoms with Gasteiger partial charge in [-0.2, -0.15) is 0 Å². The number of H-pyrrole nitrogens is 1. The number of amides is 1. The number of nitrogens with zero attached hydrogens (tertiary/aromatic N) is 3. The lowest BCUT2D eigenvalue weighted by Gasteiger charge is -2.07. The second-order valence-electron chi connectivity index (χ2n) is 6.63. The van der Waals surface area contributed by atoms with Gasteiger partial charge in [0, 0.05) is 12.3 Å². The third kappa shape index (κ3) is 3.86. The van der Waals surface area contributed by atoms with Gasteiger partial charge in [0.05, 0.1) is 24.3 Å². The first-order valence-electron chi connectivity index (χ1n) is 9.04. The van der Waals surface area contributed by atoms with E-state index in [-0.39, 0.29) is 23.1 Å². The molecule has 8 heteroatoms. The van der Waals surface area contributed by atoms with Gasteiger partial charge in [0.15, 0.2) is 11.6 Å². The summed E-state index contributed by atoms with van der Waals surface area (Å²) in [6, 6.07) is 13.3. The Labute approximate surface area is 173 Å². The zero-order valence-corrected chi connectivity index (χ0v) is 16.1. The molecule has 4 N–H and O–H groups in total. The monoisotopic (exact) mass is 396 g/mol. The van der Waals surface area contributed by atoms with Gasteiger partial charge < -0.3 is 20.8 Å². The average molecular weight is 396 g/mol. The Morgan fingerprint density at radius 1 is 1.21 bits per heavy atom. The van der Waals surface area contributed by atoms with Crippen LogP contribution in [0, 0.1) is 6.92 Å². The van der Waals surface area contributed by atoms with E-state index < -0.39 is 0 Å². The van der Waals surface area contributed by atoms with Gasteiger partial charge in [-0.25, -0.2) is 15.0 Å². The molecule has 29 heavy (non-hydrogen) atoms. The van der Waals surface area contributed by atoms with Crippen LogP contribution < -0.4 is 15.8 Å². The molecule has 0 spiro atoms. The van der Waals surface area contributed by atoms with E-state index in [0.29, 0.717) is 18.1 Å². The number of fused-ring (bicyclic) bond motifs is 1. The first kappa shape index (κ1) is 18.4. The van der Waals surface area contributed by atoms with Crippen molar-refractivity contribution in [3.63, 3.8) is 0 Å². The van der Waals surface area contributed by atoms with Gasteiger partial charge in [-0.3, -0.25) is 4.79 Å². The lowest BCUT2D eigenvalue weighted by molar-refractivity contribution is 0.0945. The number of aryl methyl sites for hydroxylation is 1. The number of carbonyl (C=O) groups is 1. The molecule has 4 aromatic rings. The quantitative estimate of drug-likeness (QED) is 0.472. The number of aromatic nitrogens is 4. The van der Waals surface area contributed by atoms with E-state index in [1.165, 1.54) is 6.20 Å². The summed E-state index contributed by atoms with van der Waals surface area (Å²) in [6.07, 6.45) is 1.36. The fraction of sp³-hybridized carbons (Fsp3) is 0.143. The molecule has 0 unspecified atom stereocenters. The number of anilines is 1. The summed E-state index contributed by atoms with van der Waals surface area (Å²) >= 11 is 0. The van der Waals surface area contributed by atoms with Gasteiger partial charge in [0.1, 0.15) is 17.1 Å². The SMILES string of the molecule is COc1ccc(CNC(=O)c2cnc(N)c(-c3nc4ccc(C)cc4[nH]3)n2)cc1.[HH].[HH].[HH].[HH]. The zero-order chi connectivity index (χ0) is 20.4. The molecular formula is C21H28N6O2. The van der Waals surface area contributed by atoms with E-state index in [4.69, 9.17) is 10.5 Å². The third-order valence-corrected chi connectivity index (χ3v) is 4.51. The molecule has 2 heterocycles. The maximum atomic E-state index is 12.5. The molecule has 0 aliphatic rings. The molecule has 0 saturated carbocycles. The molecule has 2 aromatic carbocycles. The molecule has 0 fully saturated rings. The minimum atomic E-state index is -0.346. The van der Waals surface area contributed by atoms with Crippen LogP contribution in [0.4, 0.5) is 5.82 Å². The van der Waals surface area contributed by atoms with Crippen molar-refractivity contribution >= 4 is 22.8 Å². The largest absolute Gasteiger partial charge is 0.497 e. The Balaban J connectivity index is 0.00000256. The van der Waals surface area contributed by atoms with E-state index in [1.54, 1.807) is 7.11 Å². The number of nitrogens with one attached hydrogen (secondary N) is 2. The molecule has 0 saturated heterocycles. The molecule has 0 radical (unpaired) electrons. The summed E-state index contributed by atoms with van der Waals surface area (Å²) in [5, 5.41) is 2.83. The number of nitrogen functional groups attached to an aromatic ring is 1. The molecule has 0 bridgehead atoms. The molecule has 2 aromatic heterocycles. The Hall–Kier alpha value is -3.94. The summed E-state index contributed by atoms with van der Waals surface area (Å²) in [7, 11) is 1.61. The Bertz CT molecular complexity index is 1200. The molecule has 8 nitrogen and oxygen atoms in total. The predicted octanol–water partition coefficient (Wildman–Crippen LogP) is 3.83. The predicted molar refractivity (Wildman–Crippen MR) is 119 cm³/mol. The summed E-state index contributed by atoms with van der Waals surface area (Å²) in [5.41, 5.74) is 10.2. The molecular weight excluding hydrogens is 368 g/mol. The number of imidazole rings is 1. The Morgan fingerprint density at radius 3 is 2.76 bits per heavy atom. The highest BCUT2D eigenvalue weighted by Gasteiger charge is 2.16. The van der Waals surface area contributed by atoms with Crippen LogP contribution in [0.2, 0.25) is 0 Å². The molecule has 0 aliphatic heterocycles. The Kier molecular flexibility index (Phi) is 4.82. The fourth-order valence-electron chi connectivity index (χ4n) is 2.93. The van der Waals surface area contributed by atoms with E-state index >= 15 is 0 Å².